The van der Waals surface area contributed by atoms with Crippen LogP contribution >= 0.6 is 0 Å². The molecule has 0 bridgehead atoms. The van der Waals surface area contributed by atoms with Gasteiger partial charge in [0.25, 0.3) is 0 Å². The predicted molar refractivity (Wildman–Crippen MR) is 121 cm³/mol. The van der Waals surface area contributed by atoms with Crippen LogP contribution in [0.2, 0.25) is 0 Å². The molecule has 0 radical (unpaired) electrons. The highest BCUT2D eigenvalue weighted by Gasteiger charge is 2.21. The molecule has 1 aliphatic heterocycles. The van der Waals surface area contributed by atoms with E-state index >= 15 is 0 Å². The van der Waals surface area contributed by atoms with Crippen molar-refractivity contribution in [2.75, 3.05) is 13.9 Å². The first-order valence-electron chi connectivity index (χ1n) is 10.6. The normalized spacial score (nSPS) is 22.9. The topological polar surface area (TPSA) is 68.2 Å². The molecule has 30 heavy (non-hydrogen) atoms. The maximum atomic E-state index is 9.83. The van der Waals surface area contributed by atoms with Crippen molar-refractivity contribution in [3.05, 3.63) is 49.1 Å². The lowest BCUT2D eigenvalue weighted by atomic mass is 9.91. The molecule has 0 amide bonds. The van der Waals surface area contributed by atoms with Gasteiger partial charge in [0, 0.05) is 13.5 Å². The van der Waals surface area contributed by atoms with E-state index in [-0.39, 0.29) is 25.1 Å². The van der Waals surface area contributed by atoms with Crippen LogP contribution in [0.25, 0.3) is 0 Å². The molecule has 0 aromatic heterocycles. The first-order valence-corrected chi connectivity index (χ1v) is 10.6. The Morgan fingerprint density at radius 3 is 2.83 bits per heavy atom. The minimum absolute atomic E-state index is 0.0241. The molecule has 0 aromatic rings. The first kappa shape index (κ1) is 26.4. The number of rotatable bonds is 15. The van der Waals surface area contributed by atoms with Gasteiger partial charge in [0.2, 0.25) is 0 Å². The van der Waals surface area contributed by atoms with Gasteiger partial charge in [0.1, 0.15) is 6.79 Å². The Labute approximate surface area is 182 Å². The summed E-state index contributed by atoms with van der Waals surface area (Å²) in [6.07, 6.45) is 17.1. The van der Waals surface area contributed by atoms with E-state index in [1.807, 2.05) is 12.2 Å². The molecule has 0 spiro atoms. The van der Waals surface area contributed by atoms with Crippen LogP contribution in [-0.4, -0.2) is 54.6 Å². The summed E-state index contributed by atoms with van der Waals surface area (Å²) in [4.78, 5) is 0. The fraction of sp³-hybridized carbons (Fsp3) is 0.600. The third-order valence-corrected chi connectivity index (χ3v) is 4.99. The summed E-state index contributed by atoms with van der Waals surface area (Å²) in [5.41, 5.74) is 1.09. The minimum Gasteiger partial charge on any atom is -0.390 e. The van der Waals surface area contributed by atoms with Crippen LogP contribution in [0.1, 0.15) is 45.4 Å². The maximum absolute atomic E-state index is 9.83. The molecule has 5 heteroatoms. The van der Waals surface area contributed by atoms with E-state index in [0.717, 1.165) is 24.8 Å². The summed E-state index contributed by atoms with van der Waals surface area (Å²) in [6.45, 7) is 10.1. The second-order valence-corrected chi connectivity index (χ2v) is 7.94. The van der Waals surface area contributed by atoms with Gasteiger partial charge in [-0.3, -0.25) is 0 Å². The van der Waals surface area contributed by atoms with Crippen LogP contribution in [0.3, 0.4) is 0 Å². The Bertz CT molecular complexity index is 603. The number of hydrogen-bond donors (Lipinski definition) is 2. The summed E-state index contributed by atoms with van der Waals surface area (Å²) < 4.78 is 16.8. The zero-order valence-corrected chi connectivity index (χ0v) is 18.4. The van der Waals surface area contributed by atoms with Crippen LogP contribution in [0, 0.1) is 18.3 Å². The fourth-order valence-corrected chi connectivity index (χ4v) is 3.51. The molecule has 168 valence electrons. The molecule has 0 fully saturated rings. The van der Waals surface area contributed by atoms with Crippen LogP contribution in [0.15, 0.2) is 49.1 Å². The Hall–Kier alpha value is -1.68. The second kappa shape index (κ2) is 15.2. The van der Waals surface area contributed by atoms with Gasteiger partial charge >= 0.3 is 0 Å². The molecular weight excluding hydrogens is 380 g/mol. The second-order valence-electron chi connectivity index (χ2n) is 7.94. The highest BCUT2D eigenvalue weighted by molar-refractivity contribution is 5.05. The van der Waals surface area contributed by atoms with Crippen molar-refractivity contribution in [1.29, 1.82) is 0 Å². The van der Waals surface area contributed by atoms with Crippen molar-refractivity contribution in [2.45, 2.75) is 76.0 Å². The fourth-order valence-electron chi connectivity index (χ4n) is 3.51. The number of aliphatic hydroxyl groups is 2. The summed E-state index contributed by atoms with van der Waals surface area (Å²) in [5, 5.41) is 19.4. The van der Waals surface area contributed by atoms with Gasteiger partial charge in [-0.1, -0.05) is 49.5 Å². The third kappa shape index (κ3) is 10.9. The Morgan fingerprint density at radius 1 is 1.40 bits per heavy atom. The van der Waals surface area contributed by atoms with Gasteiger partial charge in [-0.05, 0) is 38.0 Å². The van der Waals surface area contributed by atoms with Crippen LogP contribution in [0.5, 0.6) is 0 Å². The lowest BCUT2D eigenvalue weighted by Gasteiger charge is -2.27. The Morgan fingerprint density at radius 2 is 2.17 bits per heavy atom. The molecule has 1 aliphatic rings. The number of ether oxygens (including phenoxy) is 3. The van der Waals surface area contributed by atoms with Crippen molar-refractivity contribution in [3.63, 3.8) is 0 Å². The van der Waals surface area contributed by atoms with E-state index in [4.69, 9.17) is 20.6 Å². The molecule has 0 unspecified atom stereocenters. The summed E-state index contributed by atoms with van der Waals surface area (Å²) >= 11 is 0. The van der Waals surface area contributed by atoms with Gasteiger partial charge in [0.05, 0.1) is 30.5 Å². The zero-order chi connectivity index (χ0) is 22.4. The quantitative estimate of drug-likeness (QED) is 0.240. The molecule has 2 N–H and O–H groups in total. The van der Waals surface area contributed by atoms with Gasteiger partial charge < -0.3 is 24.4 Å². The molecule has 6 atom stereocenters. The molecule has 0 saturated heterocycles. The van der Waals surface area contributed by atoms with E-state index in [0.29, 0.717) is 25.2 Å². The lowest BCUT2D eigenvalue weighted by Crippen LogP contribution is -2.25. The van der Waals surface area contributed by atoms with Gasteiger partial charge in [-0.15, -0.1) is 18.9 Å². The maximum Gasteiger partial charge on any atom is 0.147 e. The number of terminal acetylenes is 1. The first-order chi connectivity index (χ1) is 14.4. The van der Waals surface area contributed by atoms with Crippen molar-refractivity contribution >= 4 is 0 Å². The largest absolute Gasteiger partial charge is 0.390 e. The molecule has 0 aromatic carbocycles. The van der Waals surface area contributed by atoms with Crippen LogP contribution < -0.4 is 0 Å². The summed E-state index contributed by atoms with van der Waals surface area (Å²) in [5.74, 6) is 3.09. The standard InChI is InChI=1S/C25H38O5/c1-6-10-21-11-8-13-23(30-21)17-20(4)15-19(3)16-22(29-18-28-5)12-9-14-25(27)24(26)7-2/h1,7-9,11-12,20-27H,2-3,10,13-18H2,4-5H3/t20-,21+,22+,23-,24-,25-/m0/s1. The average Bonchev–Trinajstić information content (AvgIpc) is 2.71. The number of methoxy groups -OCH3 is 1. The highest BCUT2D eigenvalue weighted by Crippen LogP contribution is 2.25. The van der Waals surface area contributed by atoms with Crippen molar-refractivity contribution < 1.29 is 24.4 Å². The van der Waals surface area contributed by atoms with Crippen molar-refractivity contribution in [1.82, 2.24) is 0 Å². The van der Waals surface area contributed by atoms with Gasteiger partial charge in [-0.25, -0.2) is 0 Å². The van der Waals surface area contributed by atoms with E-state index < -0.39 is 12.2 Å². The van der Waals surface area contributed by atoms with E-state index in [1.54, 1.807) is 7.11 Å². The van der Waals surface area contributed by atoms with Crippen molar-refractivity contribution in [3.8, 4) is 12.3 Å². The molecule has 1 rings (SSSR count). The van der Waals surface area contributed by atoms with Crippen LogP contribution in [0.4, 0.5) is 0 Å². The van der Waals surface area contributed by atoms with Crippen molar-refractivity contribution in [2.24, 2.45) is 5.92 Å². The van der Waals surface area contributed by atoms with Gasteiger partial charge in [-0.2, -0.15) is 0 Å². The molecule has 1 heterocycles. The van der Waals surface area contributed by atoms with Gasteiger partial charge in [0.15, 0.2) is 0 Å². The summed E-state index contributed by atoms with van der Waals surface area (Å²) in [7, 11) is 1.58. The molecule has 5 nitrogen and oxygen atoms in total. The lowest BCUT2D eigenvalue weighted by molar-refractivity contribution is -0.0553. The predicted octanol–water partition coefficient (Wildman–Crippen LogP) is 3.93. The highest BCUT2D eigenvalue weighted by atomic mass is 16.7. The third-order valence-electron chi connectivity index (χ3n) is 4.99. The molecule has 0 saturated carbocycles. The Kier molecular flexibility index (Phi) is 13.3. The van der Waals surface area contributed by atoms with E-state index in [1.165, 1.54) is 6.08 Å². The number of aliphatic hydroxyl groups excluding tert-OH is 2. The monoisotopic (exact) mass is 418 g/mol. The molecular formula is C25H38O5. The summed E-state index contributed by atoms with van der Waals surface area (Å²) in [6, 6.07) is 0. The van der Waals surface area contributed by atoms with Crippen LogP contribution in [-0.2, 0) is 14.2 Å². The SMILES string of the molecule is C#CC[C@@H]1C=CC[C@@H](C[C@@H](C)CC(=C)C[C@@H](C=CC[C@H](O)[C@@H](O)C=C)OCOC)O1. The minimum atomic E-state index is -0.944. The number of hydrogen-bond acceptors (Lipinski definition) is 5. The Balaban J connectivity index is 2.49. The molecule has 0 aliphatic carbocycles. The smallest absolute Gasteiger partial charge is 0.147 e. The average molecular weight is 419 g/mol. The van der Waals surface area contributed by atoms with E-state index in [9.17, 15) is 10.2 Å². The van der Waals surface area contributed by atoms with E-state index in [2.05, 4.69) is 38.2 Å². The zero-order valence-electron chi connectivity index (χ0n) is 18.4.